The van der Waals surface area contributed by atoms with Gasteiger partial charge in [-0.25, -0.2) is 0 Å². The van der Waals surface area contributed by atoms with Crippen LogP contribution in [0.25, 0.3) is 0 Å². The molecule has 0 aromatic heterocycles. The molecule has 418 valence electrons. The van der Waals surface area contributed by atoms with Crippen molar-refractivity contribution in [1.29, 1.82) is 0 Å². The fourth-order valence-electron chi connectivity index (χ4n) is 9.12. The van der Waals surface area contributed by atoms with Gasteiger partial charge in [-0.1, -0.05) is 300 Å². The molecule has 0 spiro atoms. The molecule has 0 heterocycles. The SMILES string of the molecule is CC/C=C\C/C=C\C/C=C\C/C=C\C/C=C\CCCCCCCC(=O)OC(COC(=O)CCCCCCC)COC(=O)CCCCCCCCCCCCCCCCCCCCCCCCCCCCCC. The lowest BCUT2D eigenvalue weighted by Gasteiger charge is -2.18. The average molecular weight is 1010 g/mol. The summed E-state index contributed by atoms with van der Waals surface area (Å²) in [5, 5.41) is 0. The van der Waals surface area contributed by atoms with E-state index in [0.717, 1.165) is 116 Å². The molecule has 0 aliphatic rings. The first kappa shape index (κ1) is 69.1. The van der Waals surface area contributed by atoms with E-state index in [1.807, 2.05) is 0 Å². The van der Waals surface area contributed by atoms with Gasteiger partial charge in [-0.3, -0.25) is 14.4 Å². The van der Waals surface area contributed by atoms with Crippen LogP contribution in [-0.4, -0.2) is 37.2 Å². The zero-order chi connectivity index (χ0) is 52.2. The zero-order valence-corrected chi connectivity index (χ0v) is 47.9. The molecule has 0 aromatic rings. The van der Waals surface area contributed by atoms with Crippen LogP contribution in [-0.2, 0) is 28.6 Å². The van der Waals surface area contributed by atoms with E-state index in [2.05, 4.69) is 81.5 Å². The third kappa shape index (κ3) is 58.0. The largest absolute Gasteiger partial charge is 0.462 e. The van der Waals surface area contributed by atoms with E-state index in [0.29, 0.717) is 19.3 Å². The Balaban J connectivity index is 4.02. The van der Waals surface area contributed by atoms with Crippen LogP contribution in [0.1, 0.15) is 323 Å². The van der Waals surface area contributed by atoms with E-state index in [-0.39, 0.29) is 31.1 Å². The smallest absolute Gasteiger partial charge is 0.306 e. The van der Waals surface area contributed by atoms with Gasteiger partial charge in [0.25, 0.3) is 0 Å². The Morgan fingerprint density at radius 3 is 0.847 bits per heavy atom. The molecule has 0 fully saturated rings. The Labute approximate surface area is 447 Å². The normalized spacial score (nSPS) is 12.4. The summed E-state index contributed by atoms with van der Waals surface area (Å²) in [5.41, 5.74) is 0. The number of carbonyl (C=O) groups is 3. The summed E-state index contributed by atoms with van der Waals surface area (Å²) in [6.45, 7) is 6.47. The van der Waals surface area contributed by atoms with Gasteiger partial charge < -0.3 is 14.2 Å². The number of carbonyl (C=O) groups excluding carboxylic acids is 3. The minimum absolute atomic E-state index is 0.0797. The molecule has 0 amide bonds. The number of unbranched alkanes of at least 4 members (excludes halogenated alkanes) is 36. The van der Waals surface area contributed by atoms with Crippen molar-refractivity contribution in [2.75, 3.05) is 13.2 Å². The second kappa shape index (κ2) is 60.7. The second-order valence-electron chi connectivity index (χ2n) is 21.0. The first-order valence-corrected chi connectivity index (χ1v) is 31.3. The van der Waals surface area contributed by atoms with Crippen molar-refractivity contribution >= 4 is 17.9 Å². The van der Waals surface area contributed by atoms with Crippen LogP contribution in [0.3, 0.4) is 0 Å². The molecule has 0 aliphatic heterocycles. The molecule has 72 heavy (non-hydrogen) atoms. The van der Waals surface area contributed by atoms with Gasteiger partial charge in [-0.2, -0.15) is 0 Å². The second-order valence-corrected chi connectivity index (χ2v) is 21.0. The van der Waals surface area contributed by atoms with Crippen molar-refractivity contribution in [2.24, 2.45) is 0 Å². The van der Waals surface area contributed by atoms with Crippen molar-refractivity contribution in [2.45, 2.75) is 329 Å². The first-order chi connectivity index (χ1) is 35.5. The molecular weight excluding hydrogens is 889 g/mol. The highest BCUT2D eigenvalue weighted by Crippen LogP contribution is 2.17. The van der Waals surface area contributed by atoms with Gasteiger partial charge in [0.2, 0.25) is 0 Å². The predicted molar refractivity (Wildman–Crippen MR) is 312 cm³/mol. The maximum absolute atomic E-state index is 12.8. The Kier molecular flexibility index (Phi) is 58.2. The van der Waals surface area contributed by atoms with E-state index in [9.17, 15) is 14.4 Å². The van der Waals surface area contributed by atoms with Crippen molar-refractivity contribution in [1.82, 2.24) is 0 Å². The molecule has 6 heteroatoms. The van der Waals surface area contributed by atoms with Crippen molar-refractivity contribution < 1.29 is 28.6 Å². The third-order valence-electron chi connectivity index (χ3n) is 13.8. The summed E-state index contributed by atoms with van der Waals surface area (Å²) >= 11 is 0. The van der Waals surface area contributed by atoms with Crippen LogP contribution >= 0.6 is 0 Å². The Hall–Kier alpha value is -2.89. The lowest BCUT2D eigenvalue weighted by atomic mass is 10.0. The minimum atomic E-state index is -0.780. The summed E-state index contributed by atoms with van der Waals surface area (Å²) in [5.74, 6) is -0.900. The molecule has 0 aliphatic carbocycles. The maximum Gasteiger partial charge on any atom is 0.306 e. The molecule has 0 bridgehead atoms. The zero-order valence-electron chi connectivity index (χ0n) is 47.9. The van der Waals surface area contributed by atoms with Gasteiger partial charge in [0.15, 0.2) is 6.10 Å². The van der Waals surface area contributed by atoms with E-state index >= 15 is 0 Å². The molecule has 0 radical (unpaired) electrons. The van der Waals surface area contributed by atoms with Crippen LogP contribution in [0.2, 0.25) is 0 Å². The molecular formula is C66H118O6. The minimum Gasteiger partial charge on any atom is -0.462 e. The Bertz CT molecular complexity index is 1290. The molecule has 1 unspecified atom stereocenters. The summed E-state index contributed by atoms with van der Waals surface area (Å²) in [6, 6.07) is 0. The number of esters is 3. The Morgan fingerprint density at radius 1 is 0.292 bits per heavy atom. The van der Waals surface area contributed by atoms with Gasteiger partial charge >= 0.3 is 17.9 Å². The van der Waals surface area contributed by atoms with E-state index in [4.69, 9.17) is 14.2 Å². The first-order valence-electron chi connectivity index (χ1n) is 31.3. The quantitative estimate of drug-likeness (QED) is 0.0261. The van der Waals surface area contributed by atoms with Gasteiger partial charge in [0, 0.05) is 19.3 Å². The highest BCUT2D eigenvalue weighted by atomic mass is 16.6. The monoisotopic (exact) mass is 1010 g/mol. The predicted octanol–water partition coefficient (Wildman–Crippen LogP) is 21.2. The number of rotatable bonds is 57. The number of hydrogen-bond acceptors (Lipinski definition) is 6. The summed E-state index contributed by atoms with van der Waals surface area (Å²) < 4.78 is 16.7. The molecule has 0 saturated carbocycles. The van der Waals surface area contributed by atoms with E-state index < -0.39 is 6.10 Å². The van der Waals surface area contributed by atoms with Crippen LogP contribution in [0.4, 0.5) is 0 Å². The van der Waals surface area contributed by atoms with Crippen molar-refractivity contribution in [3.05, 3.63) is 60.8 Å². The molecule has 0 rings (SSSR count). The van der Waals surface area contributed by atoms with Crippen LogP contribution in [0, 0.1) is 0 Å². The standard InChI is InChI=1S/C66H118O6/c1-4-7-10-13-15-17-19-21-23-25-27-29-30-31-32-33-34-35-37-38-40-42-44-46-48-50-53-56-59-65(68)71-62-63(61-70-64(67)58-55-52-12-9-6-3)72-66(69)60-57-54-51-49-47-45-43-41-39-36-28-26-24-22-20-18-16-14-11-8-5-2/h8,11,16,18,22,24,28,36,41,43,63H,4-7,9-10,12-15,17,19-21,23,25-27,29-35,37-40,42,44-62H2,1-3H3/b11-8-,18-16-,24-22-,36-28-,43-41-. The van der Waals surface area contributed by atoms with Gasteiger partial charge in [0.1, 0.15) is 13.2 Å². The van der Waals surface area contributed by atoms with Crippen molar-refractivity contribution in [3.8, 4) is 0 Å². The maximum atomic E-state index is 12.8. The average Bonchev–Trinajstić information content (AvgIpc) is 3.38. The highest BCUT2D eigenvalue weighted by Gasteiger charge is 2.19. The summed E-state index contributed by atoms with van der Waals surface area (Å²) in [4.78, 5) is 37.9. The van der Waals surface area contributed by atoms with Crippen LogP contribution in [0.5, 0.6) is 0 Å². The third-order valence-corrected chi connectivity index (χ3v) is 13.8. The van der Waals surface area contributed by atoms with Gasteiger partial charge in [0.05, 0.1) is 0 Å². The fraction of sp³-hybridized carbons (Fsp3) is 0.803. The summed E-state index contributed by atoms with van der Waals surface area (Å²) in [7, 11) is 0. The number of ether oxygens (including phenoxy) is 3. The lowest BCUT2D eigenvalue weighted by Crippen LogP contribution is -2.30. The summed E-state index contributed by atoms with van der Waals surface area (Å²) in [6.07, 6.45) is 77.2. The van der Waals surface area contributed by atoms with Crippen molar-refractivity contribution in [3.63, 3.8) is 0 Å². The van der Waals surface area contributed by atoms with Crippen LogP contribution in [0.15, 0.2) is 60.8 Å². The molecule has 6 nitrogen and oxygen atoms in total. The van der Waals surface area contributed by atoms with E-state index in [1.165, 1.54) is 167 Å². The van der Waals surface area contributed by atoms with Gasteiger partial charge in [-0.15, -0.1) is 0 Å². The molecule has 1 atom stereocenters. The Morgan fingerprint density at radius 2 is 0.542 bits per heavy atom. The van der Waals surface area contributed by atoms with E-state index in [1.54, 1.807) is 0 Å². The number of allylic oxidation sites excluding steroid dienone is 10. The lowest BCUT2D eigenvalue weighted by molar-refractivity contribution is -0.167. The fourth-order valence-corrected chi connectivity index (χ4v) is 9.12. The van der Waals surface area contributed by atoms with Crippen LogP contribution < -0.4 is 0 Å². The molecule has 0 N–H and O–H groups in total. The topological polar surface area (TPSA) is 78.9 Å². The van der Waals surface area contributed by atoms with Gasteiger partial charge in [-0.05, 0) is 64.2 Å². The molecule has 0 aromatic carbocycles. The molecule has 0 saturated heterocycles. The highest BCUT2D eigenvalue weighted by molar-refractivity contribution is 5.71. The number of hydrogen-bond donors (Lipinski definition) is 0.